The molecule has 0 atom stereocenters. The molecular weight excluding hydrogens is 352 g/mol. The second-order valence-corrected chi connectivity index (χ2v) is 6.58. The number of nitrogens with one attached hydrogen (secondary N) is 1. The van der Waals surface area contributed by atoms with Gasteiger partial charge >= 0.3 is 0 Å². The third kappa shape index (κ3) is 3.42. The van der Waals surface area contributed by atoms with E-state index in [4.69, 9.17) is 0 Å². The van der Waals surface area contributed by atoms with Gasteiger partial charge in [0.25, 0.3) is 5.91 Å². The van der Waals surface area contributed by atoms with Crippen LogP contribution in [0.25, 0.3) is 17.1 Å². The van der Waals surface area contributed by atoms with Crippen LogP contribution in [-0.2, 0) is 0 Å². The summed E-state index contributed by atoms with van der Waals surface area (Å²) in [5.41, 5.74) is 1.71. The molecule has 0 aliphatic carbocycles. The molecule has 0 unspecified atom stereocenters. The van der Waals surface area contributed by atoms with Crippen LogP contribution in [-0.4, -0.2) is 30.5 Å². The van der Waals surface area contributed by atoms with Crippen LogP contribution in [0.1, 0.15) is 30.5 Å². The predicted octanol–water partition coefficient (Wildman–Crippen LogP) is 3.96. The number of nitrogens with zero attached hydrogens (tertiary/aromatic N) is 5. The maximum absolute atomic E-state index is 12.8. The molecule has 0 bridgehead atoms. The number of para-hydroxylation sites is 1. The first kappa shape index (κ1) is 17.7. The summed E-state index contributed by atoms with van der Waals surface area (Å²) in [5.74, 6) is 0.931. The molecule has 0 aliphatic rings. The van der Waals surface area contributed by atoms with Crippen LogP contribution in [0, 0.1) is 0 Å². The molecule has 0 aliphatic heterocycles. The Morgan fingerprint density at radius 1 is 0.964 bits per heavy atom. The highest BCUT2D eigenvalue weighted by Crippen LogP contribution is 2.21. The van der Waals surface area contributed by atoms with Crippen LogP contribution in [0.3, 0.4) is 0 Å². The number of anilines is 1. The maximum Gasteiger partial charge on any atom is 0.296 e. The van der Waals surface area contributed by atoms with Crippen molar-refractivity contribution in [2.45, 2.75) is 19.9 Å². The quantitative estimate of drug-likeness (QED) is 0.575. The van der Waals surface area contributed by atoms with Crippen molar-refractivity contribution in [3.05, 3.63) is 78.8 Å². The van der Waals surface area contributed by atoms with Crippen LogP contribution in [0.4, 0.5) is 5.82 Å². The van der Waals surface area contributed by atoms with E-state index in [1.54, 1.807) is 21.6 Å². The standard InChI is InChI=1S/C21H20N6O/c1-15(2)26-18(13-14-22-26)23-21(28)19-24-20(16-9-5-3-6-10-16)27(25-19)17-11-7-4-8-12-17/h3-15H,1-2H3,(H,23,28). The predicted molar refractivity (Wildman–Crippen MR) is 107 cm³/mol. The van der Waals surface area contributed by atoms with Gasteiger partial charge in [-0.25, -0.2) is 14.3 Å². The number of carbonyl (C=O) groups is 1. The first-order chi connectivity index (χ1) is 13.6. The summed E-state index contributed by atoms with van der Waals surface area (Å²) in [6, 6.07) is 21.2. The van der Waals surface area contributed by atoms with E-state index in [2.05, 4.69) is 20.5 Å². The lowest BCUT2D eigenvalue weighted by atomic mass is 10.2. The number of carbonyl (C=O) groups excluding carboxylic acids is 1. The molecule has 7 heteroatoms. The molecule has 4 rings (SSSR count). The minimum atomic E-state index is -0.380. The van der Waals surface area contributed by atoms with E-state index < -0.39 is 0 Å². The van der Waals surface area contributed by atoms with E-state index >= 15 is 0 Å². The Kier molecular flexibility index (Phi) is 4.72. The molecule has 0 saturated carbocycles. The number of rotatable bonds is 5. The lowest BCUT2D eigenvalue weighted by Crippen LogP contribution is -2.18. The van der Waals surface area contributed by atoms with Gasteiger partial charge in [-0.05, 0) is 26.0 Å². The van der Waals surface area contributed by atoms with Gasteiger partial charge in [-0.1, -0.05) is 48.5 Å². The van der Waals surface area contributed by atoms with Crippen molar-refractivity contribution in [2.24, 2.45) is 0 Å². The fourth-order valence-electron chi connectivity index (χ4n) is 2.93. The number of hydrogen-bond donors (Lipinski definition) is 1. The van der Waals surface area contributed by atoms with Crippen molar-refractivity contribution < 1.29 is 4.79 Å². The van der Waals surface area contributed by atoms with E-state index in [0.29, 0.717) is 11.6 Å². The van der Waals surface area contributed by atoms with Gasteiger partial charge in [0.15, 0.2) is 5.82 Å². The maximum atomic E-state index is 12.8. The molecule has 140 valence electrons. The van der Waals surface area contributed by atoms with E-state index in [0.717, 1.165) is 11.3 Å². The molecule has 2 aromatic carbocycles. The van der Waals surface area contributed by atoms with Crippen molar-refractivity contribution in [2.75, 3.05) is 5.32 Å². The number of hydrogen-bond acceptors (Lipinski definition) is 4. The lowest BCUT2D eigenvalue weighted by molar-refractivity contribution is 0.101. The molecular formula is C21H20N6O. The van der Waals surface area contributed by atoms with E-state index in [-0.39, 0.29) is 17.8 Å². The fourth-order valence-corrected chi connectivity index (χ4v) is 2.93. The molecule has 0 saturated heterocycles. The Bertz CT molecular complexity index is 1030. The molecule has 0 radical (unpaired) electrons. The van der Waals surface area contributed by atoms with Gasteiger partial charge in [-0.15, -0.1) is 5.10 Å². The Hall–Kier alpha value is -3.74. The van der Waals surface area contributed by atoms with Gasteiger partial charge in [0, 0.05) is 17.7 Å². The van der Waals surface area contributed by atoms with Crippen molar-refractivity contribution in [1.82, 2.24) is 24.5 Å². The lowest BCUT2D eigenvalue weighted by Gasteiger charge is -2.10. The van der Waals surface area contributed by atoms with Crippen LogP contribution in [0.2, 0.25) is 0 Å². The van der Waals surface area contributed by atoms with Crippen molar-refractivity contribution in [1.29, 1.82) is 0 Å². The summed E-state index contributed by atoms with van der Waals surface area (Å²) in [6.07, 6.45) is 1.65. The van der Waals surface area contributed by atoms with E-state index in [1.807, 2.05) is 74.5 Å². The first-order valence-electron chi connectivity index (χ1n) is 9.06. The first-order valence-corrected chi connectivity index (χ1v) is 9.06. The minimum absolute atomic E-state index is 0.0965. The molecule has 0 fully saturated rings. The summed E-state index contributed by atoms with van der Waals surface area (Å²) in [6.45, 7) is 4.00. The Balaban J connectivity index is 1.73. The van der Waals surface area contributed by atoms with Gasteiger partial charge in [-0.3, -0.25) is 4.79 Å². The smallest absolute Gasteiger partial charge is 0.296 e. The zero-order valence-corrected chi connectivity index (χ0v) is 15.6. The highest BCUT2D eigenvalue weighted by atomic mass is 16.2. The Morgan fingerprint density at radius 3 is 2.32 bits per heavy atom. The molecule has 1 N–H and O–H groups in total. The third-order valence-electron chi connectivity index (χ3n) is 4.24. The molecule has 1 amide bonds. The normalized spacial score (nSPS) is 11.0. The van der Waals surface area contributed by atoms with Crippen molar-refractivity contribution >= 4 is 11.7 Å². The highest BCUT2D eigenvalue weighted by Gasteiger charge is 2.20. The van der Waals surface area contributed by atoms with Crippen LogP contribution in [0.15, 0.2) is 72.9 Å². The SMILES string of the molecule is CC(C)n1nccc1NC(=O)c1nc(-c2ccccc2)n(-c2ccccc2)n1. The molecule has 0 spiro atoms. The average molecular weight is 372 g/mol. The van der Waals surface area contributed by atoms with Gasteiger partial charge in [0.1, 0.15) is 5.82 Å². The third-order valence-corrected chi connectivity index (χ3v) is 4.24. The summed E-state index contributed by atoms with van der Waals surface area (Å²) in [5, 5.41) is 11.6. The molecule has 4 aromatic rings. The van der Waals surface area contributed by atoms with Gasteiger partial charge < -0.3 is 5.32 Å². The monoisotopic (exact) mass is 372 g/mol. The highest BCUT2D eigenvalue weighted by molar-refractivity contribution is 6.01. The summed E-state index contributed by atoms with van der Waals surface area (Å²) in [4.78, 5) is 17.3. The van der Waals surface area contributed by atoms with E-state index in [1.165, 1.54) is 0 Å². The molecule has 7 nitrogen and oxygen atoms in total. The van der Waals surface area contributed by atoms with Gasteiger partial charge in [0.2, 0.25) is 5.82 Å². The molecule has 28 heavy (non-hydrogen) atoms. The average Bonchev–Trinajstić information content (AvgIpc) is 3.36. The number of benzene rings is 2. The number of amides is 1. The minimum Gasteiger partial charge on any atom is -0.304 e. The van der Waals surface area contributed by atoms with Crippen molar-refractivity contribution in [3.63, 3.8) is 0 Å². The zero-order chi connectivity index (χ0) is 19.5. The molecule has 2 heterocycles. The van der Waals surface area contributed by atoms with Gasteiger partial charge in [0.05, 0.1) is 11.9 Å². The summed E-state index contributed by atoms with van der Waals surface area (Å²) < 4.78 is 3.42. The topological polar surface area (TPSA) is 77.6 Å². The van der Waals surface area contributed by atoms with Crippen LogP contribution in [0.5, 0.6) is 0 Å². The summed E-state index contributed by atoms with van der Waals surface area (Å²) in [7, 11) is 0. The fraction of sp³-hybridized carbons (Fsp3) is 0.143. The van der Waals surface area contributed by atoms with Gasteiger partial charge in [-0.2, -0.15) is 5.10 Å². The van der Waals surface area contributed by atoms with Crippen molar-refractivity contribution in [3.8, 4) is 17.1 Å². The number of aromatic nitrogens is 5. The second kappa shape index (κ2) is 7.48. The summed E-state index contributed by atoms with van der Waals surface area (Å²) >= 11 is 0. The largest absolute Gasteiger partial charge is 0.304 e. The van der Waals surface area contributed by atoms with Crippen LogP contribution < -0.4 is 5.32 Å². The second-order valence-electron chi connectivity index (χ2n) is 6.58. The Morgan fingerprint density at radius 2 is 1.64 bits per heavy atom. The molecule has 2 aromatic heterocycles. The van der Waals surface area contributed by atoms with E-state index in [9.17, 15) is 4.79 Å². The van der Waals surface area contributed by atoms with Crippen LogP contribution >= 0.6 is 0 Å². The zero-order valence-electron chi connectivity index (χ0n) is 15.6. The Labute approximate surface area is 162 Å².